The number of hydrogen-bond acceptors (Lipinski definition) is 3. The Labute approximate surface area is 83.0 Å². The first-order chi connectivity index (χ1) is 6.81. The number of hydrogen-bond donors (Lipinski definition) is 1. The molecule has 1 aromatic rings. The summed E-state index contributed by atoms with van der Waals surface area (Å²) in [5.41, 5.74) is 1.40. The van der Waals surface area contributed by atoms with Crippen LogP contribution >= 0.6 is 0 Å². The van der Waals surface area contributed by atoms with Crippen molar-refractivity contribution >= 4 is 12.0 Å². The van der Waals surface area contributed by atoms with Crippen LogP contribution in [0.5, 0.6) is 5.75 Å². The fraction of sp³-hybridized carbons (Fsp3) is 0.364. The highest BCUT2D eigenvalue weighted by Crippen LogP contribution is 2.25. The Hall–Kier alpha value is -1.51. The third-order valence-corrected chi connectivity index (χ3v) is 2.61. The number of carbonyl (C=O) groups is 1. The van der Waals surface area contributed by atoms with Crippen LogP contribution in [-0.2, 0) is 0 Å². The van der Waals surface area contributed by atoms with Gasteiger partial charge in [0.25, 0.3) is 0 Å². The van der Waals surface area contributed by atoms with Gasteiger partial charge in [-0.25, -0.2) is 0 Å². The molecule has 0 saturated carbocycles. The van der Waals surface area contributed by atoms with E-state index in [1.807, 2.05) is 6.07 Å². The van der Waals surface area contributed by atoms with Crippen molar-refractivity contribution in [3.8, 4) is 5.75 Å². The number of benzene rings is 1. The molecule has 0 aromatic heterocycles. The highest BCUT2D eigenvalue weighted by molar-refractivity contribution is 5.81. The van der Waals surface area contributed by atoms with Gasteiger partial charge in [0.1, 0.15) is 5.75 Å². The largest absolute Gasteiger partial charge is 0.507 e. The number of carbonyl (C=O) groups excluding carboxylic acids is 1. The van der Waals surface area contributed by atoms with E-state index in [1.54, 1.807) is 12.1 Å². The number of rotatable bonds is 2. The first kappa shape index (κ1) is 9.06. The van der Waals surface area contributed by atoms with Crippen LogP contribution in [0.3, 0.4) is 0 Å². The number of anilines is 1. The van der Waals surface area contributed by atoms with Gasteiger partial charge < -0.3 is 10.0 Å². The second-order valence-corrected chi connectivity index (χ2v) is 3.56. The standard InChI is InChI=1S/C11H13NO2/c13-8-9-7-10(3-4-11(9)14)12-5-1-2-6-12/h3-4,7-8,14H,1-2,5-6H2. The van der Waals surface area contributed by atoms with Gasteiger partial charge in [-0.15, -0.1) is 0 Å². The summed E-state index contributed by atoms with van der Waals surface area (Å²) in [7, 11) is 0. The highest BCUT2D eigenvalue weighted by Gasteiger charge is 2.13. The zero-order chi connectivity index (χ0) is 9.97. The van der Waals surface area contributed by atoms with Gasteiger partial charge in [-0.3, -0.25) is 4.79 Å². The van der Waals surface area contributed by atoms with E-state index in [0.717, 1.165) is 18.8 Å². The summed E-state index contributed by atoms with van der Waals surface area (Å²) >= 11 is 0. The maximum Gasteiger partial charge on any atom is 0.153 e. The quantitative estimate of drug-likeness (QED) is 0.725. The molecule has 1 saturated heterocycles. The number of aldehydes is 1. The molecule has 1 heterocycles. The van der Waals surface area contributed by atoms with Crippen molar-refractivity contribution in [2.24, 2.45) is 0 Å². The molecule has 74 valence electrons. The fourth-order valence-corrected chi connectivity index (χ4v) is 1.81. The molecule has 1 aliphatic heterocycles. The van der Waals surface area contributed by atoms with E-state index in [4.69, 9.17) is 0 Å². The summed E-state index contributed by atoms with van der Waals surface area (Å²) in [6.07, 6.45) is 3.10. The van der Waals surface area contributed by atoms with Crippen LogP contribution in [0.4, 0.5) is 5.69 Å². The minimum Gasteiger partial charge on any atom is -0.507 e. The van der Waals surface area contributed by atoms with E-state index in [0.29, 0.717) is 11.8 Å². The number of aromatic hydroxyl groups is 1. The van der Waals surface area contributed by atoms with Crippen molar-refractivity contribution in [1.29, 1.82) is 0 Å². The zero-order valence-corrected chi connectivity index (χ0v) is 7.94. The Morgan fingerprint density at radius 1 is 1.29 bits per heavy atom. The van der Waals surface area contributed by atoms with E-state index < -0.39 is 0 Å². The van der Waals surface area contributed by atoms with Crippen molar-refractivity contribution in [2.75, 3.05) is 18.0 Å². The zero-order valence-electron chi connectivity index (χ0n) is 7.94. The Kier molecular flexibility index (Phi) is 2.39. The van der Waals surface area contributed by atoms with E-state index >= 15 is 0 Å². The molecule has 1 N–H and O–H groups in total. The predicted octanol–water partition coefficient (Wildman–Crippen LogP) is 1.80. The maximum atomic E-state index is 10.6. The molecule has 0 unspecified atom stereocenters. The number of nitrogens with zero attached hydrogens (tertiary/aromatic N) is 1. The first-order valence-electron chi connectivity index (χ1n) is 4.84. The normalized spacial score (nSPS) is 15.9. The lowest BCUT2D eigenvalue weighted by Crippen LogP contribution is -2.17. The van der Waals surface area contributed by atoms with Crippen LogP contribution < -0.4 is 4.90 Å². The summed E-state index contributed by atoms with van der Waals surface area (Å²) in [4.78, 5) is 12.8. The van der Waals surface area contributed by atoms with Crippen molar-refractivity contribution in [2.45, 2.75) is 12.8 Å². The molecule has 0 amide bonds. The molecular formula is C11H13NO2. The molecule has 0 spiro atoms. The fourth-order valence-electron chi connectivity index (χ4n) is 1.81. The summed E-state index contributed by atoms with van der Waals surface area (Å²) in [6, 6.07) is 5.18. The van der Waals surface area contributed by atoms with Gasteiger partial charge in [0.05, 0.1) is 5.56 Å². The summed E-state index contributed by atoms with van der Waals surface area (Å²) in [6.45, 7) is 2.09. The number of phenolic OH excluding ortho intramolecular Hbond substituents is 1. The lowest BCUT2D eigenvalue weighted by atomic mass is 10.2. The second-order valence-electron chi connectivity index (χ2n) is 3.56. The average molecular weight is 191 g/mol. The molecular weight excluding hydrogens is 178 g/mol. The van der Waals surface area contributed by atoms with Crippen LogP contribution in [0.1, 0.15) is 23.2 Å². The molecule has 1 fully saturated rings. The van der Waals surface area contributed by atoms with Gasteiger partial charge in [-0.1, -0.05) is 0 Å². The topological polar surface area (TPSA) is 40.5 Å². The third kappa shape index (κ3) is 1.58. The van der Waals surface area contributed by atoms with Crippen molar-refractivity contribution in [3.05, 3.63) is 23.8 Å². The molecule has 0 bridgehead atoms. The van der Waals surface area contributed by atoms with Gasteiger partial charge in [0, 0.05) is 18.8 Å². The maximum absolute atomic E-state index is 10.6. The van der Waals surface area contributed by atoms with Crippen molar-refractivity contribution < 1.29 is 9.90 Å². The van der Waals surface area contributed by atoms with E-state index in [1.165, 1.54) is 12.8 Å². The molecule has 3 heteroatoms. The first-order valence-corrected chi connectivity index (χ1v) is 4.84. The van der Waals surface area contributed by atoms with Crippen LogP contribution in [0.25, 0.3) is 0 Å². The molecule has 0 radical (unpaired) electrons. The van der Waals surface area contributed by atoms with Gasteiger partial charge >= 0.3 is 0 Å². The van der Waals surface area contributed by atoms with Crippen LogP contribution in [0.2, 0.25) is 0 Å². The van der Waals surface area contributed by atoms with E-state index in [9.17, 15) is 9.90 Å². The average Bonchev–Trinajstić information content (AvgIpc) is 2.71. The Morgan fingerprint density at radius 3 is 2.64 bits per heavy atom. The molecule has 1 aromatic carbocycles. The van der Waals surface area contributed by atoms with E-state index in [2.05, 4.69) is 4.90 Å². The Balaban J connectivity index is 2.30. The molecule has 0 atom stereocenters. The van der Waals surface area contributed by atoms with Gasteiger partial charge in [-0.2, -0.15) is 0 Å². The minimum atomic E-state index is 0.0583. The highest BCUT2D eigenvalue weighted by atomic mass is 16.3. The molecule has 0 aliphatic carbocycles. The lowest BCUT2D eigenvalue weighted by Gasteiger charge is -2.17. The van der Waals surface area contributed by atoms with Gasteiger partial charge in [-0.05, 0) is 31.0 Å². The monoisotopic (exact) mass is 191 g/mol. The van der Waals surface area contributed by atoms with Crippen LogP contribution in [0.15, 0.2) is 18.2 Å². The van der Waals surface area contributed by atoms with Gasteiger partial charge in [0.2, 0.25) is 0 Å². The van der Waals surface area contributed by atoms with Crippen LogP contribution in [0, 0.1) is 0 Å². The minimum absolute atomic E-state index is 0.0583. The molecule has 2 rings (SSSR count). The van der Waals surface area contributed by atoms with E-state index in [-0.39, 0.29) is 5.75 Å². The smallest absolute Gasteiger partial charge is 0.153 e. The SMILES string of the molecule is O=Cc1cc(N2CCCC2)ccc1O. The van der Waals surface area contributed by atoms with Crippen molar-refractivity contribution in [1.82, 2.24) is 0 Å². The Bertz CT molecular complexity index is 343. The van der Waals surface area contributed by atoms with Crippen LogP contribution in [-0.4, -0.2) is 24.5 Å². The number of phenols is 1. The Morgan fingerprint density at radius 2 is 2.00 bits per heavy atom. The molecule has 14 heavy (non-hydrogen) atoms. The third-order valence-electron chi connectivity index (χ3n) is 2.61. The van der Waals surface area contributed by atoms with Crippen molar-refractivity contribution in [3.63, 3.8) is 0 Å². The molecule has 3 nitrogen and oxygen atoms in total. The predicted molar refractivity (Wildman–Crippen MR) is 54.9 cm³/mol. The second kappa shape index (κ2) is 3.70. The summed E-state index contributed by atoms with van der Waals surface area (Å²) in [5.74, 6) is 0.0583. The summed E-state index contributed by atoms with van der Waals surface area (Å²) < 4.78 is 0. The lowest BCUT2D eigenvalue weighted by molar-refractivity contribution is 0.112. The summed E-state index contributed by atoms with van der Waals surface area (Å²) in [5, 5.41) is 9.33. The van der Waals surface area contributed by atoms with Gasteiger partial charge in [0.15, 0.2) is 6.29 Å². The molecule has 1 aliphatic rings.